The van der Waals surface area contributed by atoms with E-state index in [1.165, 1.54) is 29.2 Å². The molecular formula is C30H32F2N3O3+. The molecule has 0 saturated carbocycles. The predicted molar refractivity (Wildman–Crippen MR) is 140 cm³/mol. The standard InChI is InChI=1S/C30H31F2N3O3/c1-20-6-2-3-7-24(20)28(29(33)36)35-16-14-22(15-17-35)27(19-35)38-30(37)34(26-9-5-4-8-25(26)32)18-21-10-12-23(31)13-11-21/h2-13,22,27-28H,14-19H2,1H3,(H-,33,36)/p+1/t22?,27-,28?,35?/m0/s1. The lowest BCUT2D eigenvalue weighted by Crippen LogP contribution is -2.67. The summed E-state index contributed by atoms with van der Waals surface area (Å²) in [5, 5.41) is 0. The van der Waals surface area contributed by atoms with Gasteiger partial charge < -0.3 is 15.0 Å². The van der Waals surface area contributed by atoms with E-state index in [1.807, 2.05) is 31.2 Å². The van der Waals surface area contributed by atoms with Crippen LogP contribution in [0.15, 0.2) is 72.8 Å². The Bertz CT molecular complexity index is 1320. The third kappa shape index (κ3) is 5.00. The van der Waals surface area contributed by atoms with E-state index in [-0.39, 0.29) is 18.2 Å². The highest BCUT2D eigenvalue weighted by atomic mass is 19.1. The number of rotatable bonds is 7. The fourth-order valence-corrected chi connectivity index (χ4v) is 6.16. The number of nitrogens with two attached hydrogens (primary N) is 1. The Labute approximate surface area is 221 Å². The molecule has 3 aromatic carbocycles. The van der Waals surface area contributed by atoms with Crippen LogP contribution in [-0.2, 0) is 16.1 Å². The number of primary amides is 1. The van der Waals surface area contributed by atoms with Crippen molar-refractivity contribution in [1.82, 2.24) is 0 Å². The molecule has 3 saturated heterocycles. The number of quaternary nitrogens is 1. The molecule has 0 radical (unpaired) electrons. The Balaban J connectivity index is 1.42. The van der Waals surface area contributed by atoms with Gasteiger partial charge in [0.25, 0.3) is 5.91 Å². The van der Waals surface area contributed by atoms with Gasteiger partial charge in [-0.3, -0.25) is 9.69 Å². The lowest BCUT2D eigenvalue weighted by Gasteiger charge is -2.54. The van der Waals surface area contributed by atoms with Gasteiger partial charge in [0.2, 0.25) is 0 Å². The number of fused-ring (bicyclic) bond motifs is 3. The van der Waals surface area contributed by atoms with Gasteiger partial charge in [0.15, 0.2) is 12.1 Å². The zero-order valence-corrected chi connectivity index (χ0v) is 21.4. The van der Waals surface area contributed by atoms with Crippen molar-refractivity contribution in [2.45, 2.75) is 38.5 Å². The second kappa shape index (κ2) is 10.5. The molecule has 0 aliphatic carbocycles. The minimum Gasteiger partial charge on any atom is -0.440 e. The zero-order valence-electron chi connectivity index (χ0n) is 21.4. The number of benzene rings is 3. The fourth-order valence-electron chi connectivity index (χ4n) is 6.16. The summed E-state index contributed by atoms with van der Waals surface area (Å²) < 4.78 is 34.8. The average molecular weight is 521 g/mol. The molecule has 6 rings (SSSR count). The van der Waals surface area contributed by atoms with Crippen molar-refractivity contribution < 1.29 is 27.6 Å². The molecular weight excluding hydrogens is 488 g/mol. The highest BCUT2D eigenvalue weighted by Gasteiger charge is 2.54. The molecule has 3 heterocycles. The van der Waals surface area contributed by atoms with Gasteiger partial charge in [0.05, 0.1) is 25.3 Å². The highest BCUT2D eigenvalue weighted by Crippen LogP contribution is 2.43. The summed E-state index contributed by atoms with van der Waals surface area (Å²) >= 11 is 0. The first kappa shape index (κ1) is 25.9. The number of piperidine rings is 3. The van der Waals surface area contributed by atoms with Crippen LogP contribution in [0.2, 0.25) is 0 Å². The van der Waals surface area contributed by atoms with E-state index in [0.717, 1.165) is 37.1 Å². The van der Waals surface area contributed by atoms with Crippen molar-refractivity contribution in [3.05, 3.63) is 101 Å². The predicted octanol–water partition coefficient (Wildman–Crippen LogP) is 5.25. The number of para-hydroxylation sites is 1. The largest absolute Gasteiger partial charge is 0.440 e. The topological polar surface area (TPSA) is 72.6 Å². The van der Waals surface area contributed by atoms with Crippen LogP contribution < -0.4 is 10.6 Å². The first-order valence-electron chi connectivity index (χ1n) is 13.0. The number of carbonyl (C=O) groups excluding carboxylic acids is 2. The number of nitrogens with zero attached hydrogens (tertiary/aromatic N) is 2. The van der Waals surface area contributed by atoms with Crippen LogP contribution in [0.1, 0.15) is 35.6 Å². The van der Waals surface area contributed by atoms with Crippen LogP contribution in [0.4, 0.5) is 19.3 Å². The molecule has 3 aromatic rings. The van der Waals surface area contributed by atoms with E-state index in [4.69, 9.17) is 10.5 Å². The number of hydrogen-bond acceptors (Lipinski definition) is 3. The molecule has 3 fully saturated rings. The minimum absolute atomic E-state index is 0.0184. The van der Waals surface area contributed by atoms with Crippen molar-refractivity contribution >= 4 is 17.7 Å². The van der Waals surface area contributed by atoms with Crippen LogP contribution in [0, 0.1) is 24.5 Å². The van der Waals surface area contributed by atoms with Gasteiger partial charge in [-0.25, -0.2) is 13.6 Å². The number of aryl methyl sites for hydroxylation is 1. The van der Waals surface area contributed by atoms with E-state index >= 15 is 0 Å². The van der Waals surface area contributed by atoms with Gasteiger partial charge in [0, 0.05) is 24.3 Å². The monoisotopic (exact) mass is 520 g/mol. The first-order chi connectivity index (χ1) is 18.3. The Morgan fingerprint density at radius 2 is 1.66 bits per heavy atom. The molecule has 38 heavy (non-hydrogen) atoms. The fraction of sp³-hybridized carbons (Fsp3) is 0.333. The molecule has 1 unspecified atom stereocenters. The van der Waals surface area contributed by atoms with Crippen LogP contribution in [0.3, 0.4) is 0 Å². The highest BCUT2D eigenvalue weighted by molar-refractivity contribution is 5.88. The molecule has 3 aliphatic rings. The molecule has 8 heteroatoms. The van der Waals surface area contributed by atoms with Gasteiger partial charge >= 0.3 is 6.09 Å². The Morgan fingerprint density at radius 1 is 1.00 bits per heavy atom. The van der Waals surface area contributed by atoms with Gasteiger partial charge in [-0.2, -0.15) is 0 Å². The maximum absolute atomic E-state index is 14.8. The third-order valence-corrected chi connectivity index (χ3v) is 8.13. The maximum Gasteiger partial charge on any atom is 0.415 e. The second-order valence-corrected chi connectivity index (χ2v) is 10.4. The summed E-state index contributed by atoms with van der Waals surface area (Å²) in [4.78, 5) is 27.7. The molecule has 2 amide bonds. The van der Waals surface area contributed by atoms with Crippen LogP contribution in [0.5, 0.6) is 0 Å². The van der Waals surface area contributed by atoms with Gasteiger partial charge in [-0.05, 0) is 42.3 Å². The van der Waals surface area contributed by atoms with Crippen molar-refractivity contribution in [2.75, 3.05) is 24.5 Å². The Kier molecular flexibility index (Phi) is 7.17. The quantitative estimate of drug-likeness (QED) is 0.433. The van der Waals surface area contributed by atoms with E-state index in [9.17, 15) is 18.4 Å². The number of ether oxygens (including phenoxy) is 1. The SMILES string of the molecule is Cc1ccccc1C(C(N)=O)[N+]12CCC(CC1)[C@@H](OC(=O)N(Cc1ccc(F)cc1)c1ccccc1F)C2. The minimum atomic E-state index is -0.678. The van der Waals surface area contributed by atoms with Crippen molar-refractivity contribution in [2.24, 2.45) is 11.7 Å². The van der Waals surface area contributed by atoms with Gasteiger partial charge in [-0.15, -0.1) is 0 Å². The van der Waals surface area contributed by atoms with E-state index in [2.05, 4.69) is 0 Å². The zero-order chi connectivity index (χ0) is 26.9. The molecule has 0 spiro atoms. The van der Waals surface area contributed by atoms with Crippen molar-refractivity contribution in [1.29, 1.82) is 0 Å². The smallest absolute Gasteiger partial charge is 0.415 e. The molecule has 3 aliphatic heterocycles. The number of amides is 2. The van der Waals surface area contributed by atoms with Gasteiger partial charge in [-0.1, -0.05) is 48.5 Å². The van der Waals surface area contributed by atoms with E-state index in [0.29, 0.717) is 16.6 Å². The Morgan fingerprint density at radius 3 is 2.32 bits per heavy atom. The number of anilines is 1. The summed E-state index contributed by atoms with van der Waals surface area (Å²) in [6.45, 7) is 3.99. The van der Waals surface area contributed by atoms with Crippen LogP contribution >= 0.6 is 0 Å². The summed E-state index contributed by atoms with van der Waals surface area (Å²) in [5.74, 6) is -1.20. The van der Waals surface area contributed by atoms with Crippen LogP contribution in [0.25, 0.3) is 0 Å². The van der Waals surface area contributed by atoms with E-state index < -0.39 is 35.8 Å². The Hall–Kier alpha value is -3.78. The number of hydrogen-bond donors (Lipinski definition) is 1. The molecule has 198 valence electrons. The van der Waals surface area contributed by atoms with Crippen molar-refractivity contribution in [3.8, 4) is 0 Å². The lowest BCUT2D eigenvalue weighted by molar-refractivity contribution is -0.965. The summed E-state index contributed by atoms with van der Waals surface area (Å²) in [6.07, 6.45) is 0.470. The maximum atomic E-state index is 14.8. The van der Waals surface area contributed by atoms with Crippen LogP contribution in [-0.4, -0.2) is 42.2 Å². The lowest BCUT2D eigenvalue weighted by atomic mass is 9.80. The molecule has 2 bridgehead atoms. The summed E-state index contributed by atoms with van der Waals surface area (Å²) in [7, 11) is 0. The summed E-state index contributed by atoms with van der Waals surface area (Å²) in [5.41, 5.74) is 8.61. The van der Waals surface area contributed by atoms with E-state index in [1.54, 1.807) is 24.3 Å². The number of halogens is 2. The molecule has 2 N–H and O–H groups in total. The summed E-state index contributed by atoms with van der Waals surface area (Å²) in [6, 6.07) is 19.0. The average Bonchev–Trinajstić information content (AvgIpc) is 2.90. The van der Waals surface area contributed by atoms with Crippen molar-refractivity contribution in [3.63, 3.8) is 0 Å². The molecule has 6 nitrogen and oxygen atoms in total. The molecule has 0 aromatic heterocycles. The second-order valence-electron chi connectivity index (χ2n) is 10.4. The first-order valence-corrected chi connectivity index (χ1v) is 13.0. The third-order valence-electron chi connectivity index (χ3n) is 8.13. The normalized spacial score (nSPS) is 23.0. The molecule has 2 atom stereocenters. The number of carbonyl (C=O) groups is 2. The van der Waals surface area contributed by atoms with Gasteiger partial charge in [0.1, 0.15) is 18.2 Å².